The summed E-state index contributed by atoms with van der Waals surface area (Å²) in [6.07, 6.45) is 1.75. The highest BCUT2D eigenvalue weighted by Gasteiger charge is 2.10. The van der Waals surface area contributed by atoms with Gasteiger partial charge in [0.15, 0.2) is 5.96 Å². The third kappa shape index (κ3) is 7.87. The van der Waals surface area contributed by atoms with Crippen LogP contribution < -0.4 is 10.6 Å². The molecular formula is C16H30IN7O2. The van der Waals surface area contributed by atoms with Gasteiger partial charge in [-0.1, -0.05) is 0 Å². The van der Waals surface area contributed by atoms with Crippen molar-refractivity contribution in [3.8, 4) is 0 Å². The van der Waals surface area contributed by atoms with Crippen LogP contribution in [0.3, 0.4) is 0 Å². The second kappa shape index (κ2) is 12.1. The molecule has 10 heteroatoms. The number of aryl methyl sites for hydroxylation is 1. The van der Waals surface area contributed by atoms with Crippen LogP contribution in [0.5, 0.6) is 0 Å². The molecule has 0 bridgehead atoms. The lowest BCUT2D eigenvalue weighted by Crippen LogP contribution is -2.46. The molecule has 0 spiro atoms. The molecule has 1 aliphatic heterocycles. The average molecular weight is 479 g/mol. The van der Waals surface area contributed by atoms with Gasteiger partial charge in [-0.15, -0.1) is 24.0 Å². The van der Waals surface area contributed by atoms with Gasteiger partial charge >= 0.3 is 0 Å². The highest BCUT2D eigenvalue weighted by atomic mass is 127. The molecule has 2 rings (SSSR count). The van der Waals surface area contributed by atoms with Crippen LogP contribution in [0.2, 0.25) is 0 Å². The molecule has 1 saturated heterocycles. The van der Waals surface area contributed by atoms with E-state index in [1.807, 2.05) is 13.1 Å². The third-order valence-electron chi connectivity index (χ3n) is 4.05. The van der Waals surface area contributed by atoms with Crippen molar-refractivity contribution in [2.75, 3.05) is 60.0 Å². The van der Waals surface area contributed by atoms with Crippen molar-refractivity contribution in [2.45, 2.75) is 6.54 Å². The van der Waals surface area contributed by atoms with Gasteiger partial charge in [-0.2, -0.15) is 5.10 Å². The minimum Gasteiger partial charge on any atom is -0.379 e. The Kier molecular flexibility index (Phi) is 10.5. The first kappa shape index (κ1) is 22.6. The number of ether oxygens (including phenoxy) is 1. The molecule has 1 fully saturated rings. The number of nitrogens with zero attached hydrogens (tertiary/aromatic N) is 5. The highest BCUT2D eigenvalue weighted by Crippen LogP contribution is 1.98. The predicted molar refractivity (Wildman–Crippen MR) is 112 cm³/mol. The molecule has 0 saturated carbocycles. The monoisotopic (exact) mass is 479 g/mol. The lowest BCUT2D eigenvalue weighted by Gasteiger charge is -2.26. The van der Waals surface area contributed by atoms with Crippen molar-refractivity contribution in [3.63, 3.8) is 0 Å². The van der Waals surface area contributed by atoms with Gasteiger partial charge in [-0.3, -0.25) is 14.4 Å². The maximum Gasteiger partial charge on any atom is 0.241 e. The van der Waals surface area contributed by atoms with Gasteiger partial charge in [-0.05, 0) is 6.07 Å². The first-order chi connectivity index (χ1) is 12.1. The van der Waals surface area contributed by atoms with E-state index in [1.54, 1.807) is 29.9 Å². The van der Waals surface area contributed by atoms with Gasteiger partial charge in [0.2, 0.25) is 5.91 Å². The van der Waals surface area contributed by atoms with Crippen LogP contribution in [0.25, 0.3) is 0 Å². The van der Waals surface area contributed by atoms with Crippen molar-refractivity contribution < 1.29 is 9.53 Å². The quantitative estimate of drug-likeness (QED) is 0.312. The van der Waals surface area contributed by atoms with Crippen molar-refractivity contribution in [1.82, 2.24) is 30.2 Å². The molecule has 1 amide bonds. The van der Waals surface area contributed by atoms with Gasteiger partial charge in [0.1, 0.15) is 0 Å². The number of nitrogens with one attached hydrogen (secondary N) is 2. The lowest BCUT2D eigenvalue weighted by molar-refractivity contribution is -0.127. The van der Waals surface area contributed by atoms with E-state index in [1.165, 1.54) is 0 Å². The molecule has 0 atom stereocenters. The highest BCUT2D eigenvalue weighted by molar-refractivity contribution is 14.0. The van der Waals surface area contributed by atoms with Crippen molar-refractivity contribution in [1.29, 1.82) is 0 Å². The fourth-order valence-corrected chi connectivity index (χ4v) is 2.37. The summed E-state index contributed by atoms with van der Waals surface area (Å²) >= 11 is 0. The van der Waals surface area contributed by atoms with E-state index in [9.17, 15) is 4.79 Å². The molecule has 1 aromatic heterocycles. The molecule has 0 radical (unpaired) electrons. The summed E-state index contributed by atoms with van der Waals surface area (Å²) in [7, 11) is 5.37. The minimum absolute atomic E-state index is 0. The number of morpholine rings is 1. The molecule has 2 heterocycles. The van der Waals surface area contributed by atoms with E-state index in [2.05, 4.69) is 25.6 Å². The van der Waals surface area contributed by atoms with Crippen LogP contribution in [0, 0.1) is 0 Å². The zero-order valence-corrected chi connectivity index (χ0v) is 18.1. The fraction of sp³-hybridized carbons (Fsp3) is 0.688. The van der Waals surface area contributed by atoms with Crippen LogP contribution in [0.1, 0.15) is 5.69 Å². The van der Waals surface area contributed by atoms with E-state index in [0.717, 1.165) is 45.1 Å². The molecular weight excluding hydrogens is 449 g/mol. The average Bonchev–Trinajstić information content (AvgIpc) is 3.02. The number of likely N-dealkylation sites (N-methyl/N-ethyl adjacent to an activating group) is 1. The summed E-state index contributed by atoms with van der Waals surface area (Å²) in [4.78, 5) is 20.3. The van der Waals surface area contributed by atoms with Gasteiger partial charge in [0.25, 0.3) is 0 Å². The Labute approximate surface area is 172 Å². The summed E-state index contributed by atoms with van der Waals surface area (Å²) < 4.78 is 7.15. The number of guanidine groups is 1. The Morgan fingerprint density at radius 1 is 1.35 bits per heavy atom. The van der Waals surface area contributed by atoms with E-state index < -0.39 is 0 Å². The molecule has 1 aromatic rings. The standard InChI is InChI=1S/C16H29N7O2.HI/c1-21(2)15(24)13-19-16(18-12-14-4-5-20-22(14)3)17-6-7-23-8-10-25-11-9-23;/h4-5H,6-13H2,1-3H3,(H2,17,18,19);1H. The Morgan fingerprint density at radius 3 is 2.69 bits per heavy atom. The maximum absolute atomic E-state index is 11.8. The Balaban J connectivity index is 0.00000338. The molecule has 0 aromatic carbocycles. The molecule has 9 nitrogen and oxygen atoms in total. The van der Waals surface area contributed by atoms with Crippen LogP contribution >= 0.6 is 24.0 Å². The molecule has 148 valence electrons. The number of halogens is 1. The third-order valence-corrected chi connectivity index (χ3v) is 4.05. The van der Waals surface area contributed by atoms with E-state index in [4.69, 9.17) is 4.74 Å². The summed E-state index contributed by atoms with van der Waals surface area (Å²) in [5.74, 6) is 0.632. The second-order valence-electron chi connectivity index (χ2n) is 6.13. The molecule has 1 aliphatic rings. The zero-order valence-electron chi connectivity index (χ0n) is 15.8. The topological polar surface area (TPSA) is 87.0 Å². The largest absolute Gasteiger partial charge is 0.379 e. The van der Waals surface area contributed by atoms with E-state index in [-0.39, 0.29) is 36.4 Å². The summed E-state index contributed by atoms with van der Waals surface area (Å²) in [6.45, 7) is 5.87. The number of amides is 1. The van der Waals surface area contributed by atoms with Crippen LogP contribution in [-0.2, 0) is 23.1 Å². The van der Waals surface area contributed by atoms with Gasteiger partial charge in [-0.25, -0.2) is 4.99 Å². The van der Waals surface area contributed by atoms with Crippen molar-refractivity contribution >= 4 is 35.8 Å². The van der Waals surface area contributed by atoms with E-state index in [0.29, 0.717) is 12.5 Å². The lowest BCUT2D eigenvalue weighted by atomic mass is 10.4. The minimum atomic E-state index is 0. The zero-order chi connectivity index (χ0) is 18.1. The molecule has 26 heavy (non-hydrogen) atoms. The van der Waals surface area contributed by atoms with Crippen molar-refractivity contribution in [2.24, 2.45) is 12.0 Å². The van der Waals surface area contributed by atoms with Gasteiger partial charge < -0.3 is 20.3 Å². The Bertz CT molecular complexity index is 571. The second-order valence-corrected chi connectivity index (χ2v) is 6.13. The summed E-state index contributed by atoms with van der Waals surface area (Å²) in [5, 5.41) is 10.5. The maximum atomic E-state index is 11.8. The molecule has 0 aliphatic carbocycles. The normalized spacial score (nSPS) is 15.3. The fourth-order valence-electron chi connectivity index (χ4n) is 2.37. The Hall–Kier alpha value is -1.40. The number of hydrogen-bond acceptors (Lipinski definition) is 5. The van der Waals surface area contributed by atoms with E-state index >= 15 is 0 Å². The summed E-state index contributed by atoms with van der Waals surface area (Å²) in [5.41, 5.74) is 1.01. The van der Waals surface area contributed by atoms with Crippen LogP contribution in [-0.4, -0.2) is 91.5 Å². The summed E-state index contributed by atoms with van der Waals surface area (Å²) in [6, 6.07) is 1.93. The molecule has 0 unspecified atom stereocenters. The van der Waals surface area contributed by atoms with Crippen LogP contribution in [0.4, 0.5) is 0 Å². The first-order valence-electron chi connectivity index (χ1n) is 8.55. The number of rotatable bonds is 7. The predicted octanol–water partition coefficient (Wildman–Crippen LogP) is -0.506. The smallest absolute Gasteiger partial charge is 0.241 e. The Morgan fingerprint density at radius 2 is 2.08 bits per heavy atom. The SMILES string of the molecule is CN(C)C(=O)CNC(=NCc1ccnn1C)NCCN1CCOCC1.I. The van der Waals surface area contributed by atoms with Gasteiger partial charge in [0.05, 0.1) is 32.0 Å². The number of carbonyl (C=O) groups is 1. The number of aromatic nitrogens is 2. The molecule has 2 N–H and O–H groups in total. The number of hydrogen-bond donors (Lipinski definition) is 2. The number of carbonyl (C=O) groups excluding carboxylic acids is 1. The van der Waals surface area contributed by atoms with Crippen molar-refractivity contribution in [3.05, 3.63) is 18.0 Å². The first-order valence-corrected chi connectivity index (χ1v) is 8.55. The van der Waals surface area contributed by atoms with Crippen LogP contribution in [0.15, 0.2) is 17.3 Å². The van der Waals surface area contributed by atoms with Gasteiger partial charge in [0, 0.05) is 53.5 Å². The number of aliphatic imine (C=N–C) groups is 1.